The molecule has 0 unspecified atom stereocenters. The lowest BCUT2D eigenvalue weighted by atomic mass is 10.2. The van der Waals surface area contributed by atoms with Crippen LogP contribution >= 0.6 is 35.4 Å². The molecule has 1 aromatic heterocycles. The normalized spacial score (nSPS) is 10.8. The molecule has 6 nitrogen and oxygen atoms in total. The van der Waals surface area contributed by atoms with Gasteiger partial charge in [-0.05, 0) is 79.3 Å². The molecular formula is C23H18Cl2N4O2S. The van der Waals surface area contributed by atoms with Crippen LogP contribution in [0.5, 0.6) is 5.75 Å². The summed E-state index contributed by atoms with van der Waals surface area (Å²) in [5.41, 5.74) is 4.72. The number of aryl methyl sites for hydroxylation is 1. The van der Waals surface area contributed by atoms with E-state index in [9.17, 15) is 4.79 Å². The number of methoxy groups -OCH3 is 1. The number of hydrogen-bond acceptors (Lipinski definition) is 4. The van der Waals surface area contributed by atoms with E-state index in [0.717, 1.165) is 33.7 Å². The molecular weight excluding hydrogens is 467 g/mol. The van der Waals surface area contributed by atoms with Crippen molar-refractivity contribution in [1.29, 1.82) is 0 Å². The molecule has 0 aliphatic rings. The lowest BCUT2D eigenvalue weighted by Gasteiger charge is -2.11. The lowest BCUT2D eigenvalue weighted by molar-refractivity contribution is 0.0977. The lowest BCUT2D eigenvalue weighted by Crippen LogP contribution is -2.34. The number of ether oxygens (including phenoxy) is 1. The predicted molar refractivity (Wildman–Crippen MR) is 133 cm³/mol. The number of aromatic amines is 1. The van der Waals surface area contributed by atoms with Gasteiger partial charge in [0.15, 0.2) is 5.11 Å². The number of thiocarbonyl (C=S) groups is 1. The second kappa shape index (κ2) is 9.16. The second-order valence-corrected chi connectivity index (χ2v) is 8.26. The number of rotatable bonds is 4. The minimum absolute atomic E-state index is 0.170. The first-order valence-corrected chi connectivity index (χ1v) is 10.7. The van der Waals surface area contributed by atoms with Crippen LogP contribution < -0.4 is 15.4 Å². The van der Waals surface area contributed by atoms with Crippen LogP contribution in [0.2, 0.25) is 10.0 Å². The summed E-state index contributed by atoms with van der Waals surface area (Å²) in [6.07, 6.45) is 0. The van der Waals surface area contributed by atoms with Gasteiger partial charge in [0.1, 0.15) is 11.6 Å². The number of benzene rings is 3. The summed E-state index contributed by atoms with van der Waals surface area (Å²) >= 11 is 17.5. The Morgan fingerprint density at radius 3 is 2.50 bits per heavy atom. The highest BCUT2D eigenvalue weighted by atomic mass is 35.5. The molecule has 0 spiro atoms. The Morgan fingerprint density at radius 1 is 1.06 bits per heavy atom. The molecule has 9 heteroatoms. The van der Waals surface area contributed by atoms with Crippen LogP contribution in [0.25, 0.3) is 22.4 Å². The molecule has 0 saturated carbocycles. The van der Waals surface area contributed by atoms with Gasteiger partial charge in [-0.1, -0.05) is 23.2 Å². The molecule has 4 aromatic rings. The number of anilines is 1. The van der Waals surface area contributed by atoms with Crippen molar-refractivity contribution < 1.29 is 9.53 Å². The fourth-order valence-electron chi connectivity index (χ4n) is 3.13. The fraction of sp³-hybridized carbons (Fsp3) is 0.0870. The van der Waals surface area contributed by atoms with Crippen molar-refractivity contribution >= 4 is 63.2 Å². The van der Waals surface area contributed by atoms with Crippen molar-refractivity contribution in [1.82, 2.24) is 15.3 Å². The van der Waals surface area contributed by atoms with E-state index >= 15 is 0 Å². The molecule has 0 fully saturated rings. The Labute approximate surface area is 199 Å². The molecule has 162 valence electrons. The minimum atomic E-state index is -0.375. The molecule has 0 aliphatic heterocycles. The number of amides is 1. The third-order valence-electron chi connectivity index (χ3n) is 4.82. The Kier molecular flexibility index (Phi) is 6.32. The van der Waals surface area contributed by atoms with E-state index in [0.29, 0.717) is 21.4 Å². The van der Waals surface area contributed by atoms with Crippen LogP contribution in [0.3, 0.4) is 0 Å². The Balaban J connectivity index is 1.42. The number of fused-ring (bicyclic) bond motifs is 1. The molecule has 1 heterocycles. The quantitative estimate of drug-likeness (QED) is 0.310. The van der Waals surface area contributed by atoms with Crippen molar-refractivity contribution in [2.75, 3.05) is 12.4 Å². The molecule has 0 aliphatic carbocycles. The second-order valence-electron chi connectivity index (χ2n) is 7.04. The van der Waals surface area contributed by atoms with E-state index in [1.54, 1.807) is 12.1 Å². The molecule has 0 saturated heterocycles. The summed E-state index contributed by atoms with van der Waals surface area (Å²) in [6.45, 7) is 1.95. The van der Waals surface area contributed by atoms with E-state index in [2.05, 4.69) is 20.6 Å². The summed E-state index contributed by atoms with van der Waals surface area (Å²) < 4.78 is 5.09. The highest BCUT2D eigenvalue weighted by Crippen LogP contribution is 2.27. The first kappa shape index (κ1) is 22.1. The summed E-state index contributed by atoms with van der Waals surface area (Å²) in [5.74, 6) is 0.854. The Bertz CT molecular complexity index is 1300. The van der Waals surface area contributed by atoms with Gasteiger partial charge in [-0.3, -0.25) is 10.1 Å². The number of H-pyrrole nitrogens is 1. The number of carbonyl (C=O) groups is 1. The van der Waals surface area contributed by atoms with Gasteiger partial charge in [0.2, 0.25) is 0 Å². The largest absolute Gasteiger partial charge is 0.495 e. The first-order valence-electron chi connectivity index (χ1n) is 9.56. The van der Waals surface area contributed by atoms with Gasteiger partial charge in [0.25, 0.3) is 5.91 Å². The number of aromatic nitrogens is 2. The average Bonchev–Trinajstić information content (AvgIpc) is 3.17. The van der Waals surface area contributed by atoms with Gasteiger partial charge in [-0.15, -0.1) is 0 Å². The maximum Gasteiger partial charge on any atom is 0.257 e. The van der Waals surface area contributed by atoms with Gasteiger partial charge in [0, 0.05) is 21.8 Å². The average molecular weight is 485 g/mol. The summed E-state index contributed by atoms with van der Waals surface area (Å²) in [5, 5.41) is 6.83. The predicted octanol–water partition coefficient (Wildman–Crippen LogP) is 5.98. The fourth-order valence-corrected chi connectivity index (χ4v) is 3.76. The third-order valence-corrected chi connectivity index (χ3v) is 5.73. The van der Waals surface area contributed by atoms with Crippen molar-refractivity contribution in [2.45, 2.75) is 6.92 Å². The number of halogens is 2. The Hall–Kier alpha value is -3.13. The standard InChI is InChI=1S/C23H18Cl2N4O2S/c1-12-9-18-19(11-16(12)24)28-21(27-18)13-3-6-15(7-4-13)26-23(32)29-22(30)14-5-8-20(31-2)17(25)10-14/h3-11H,1-2H3,(H,27,28)(H2,26,29,30,32). The van der Waals surface area contributed by atoms with Gasteiger partial charge < -0.3 is 15.0 Å². The molecule has 4 rings (SSSR count). The van der Waals surface area contributed by atoms with Crippen LogP contribution in [-0.2, 0) is 0 Å². The van der Waals surface area contributed by atoms with Crippen LogP contribution in [0.1, 0.15) is 15.9 Å². The molecule has 0 bridgehead atoms. The van der Waals surface area contributed by atoms with Crippen LogP contribution in [0, 0.1) is 6.92 Å². The maximum atomic E-state index is 12.4. The van der Waals surface area contributed by atoms with E-state index in [-0.39, 0.29) is 11.0 Å². The zero-order valence-corrected chi connectivity index (χ0v) is 19.5. The number of carbonyl (C=O) groups excluding carboxylic acids is 1. The molecule has 3 N–H and O–H groups in total. The topological polar surface area (TPSA) is 79.0 Å². The highest BCUT2D eigenvalue weighted by Gasteiger charge is 2.12. The van der Waals surface area contributed by atoms with Crippen molar-refractivity contribution in [3.8, 4) is 17.1 Å². The van der Waals surface area contributed by atoms with Crippen molar-refractivity contribution in [3.05, 3.63) is 75.8 Å². The zero-order chi connectivity index (χ0) is 22.8. The van der Waals surface area contributed by atoms with Gasteiger partial charge >= 0.3 is 0 Å². The number of hydrogen-bond donors (Lipinski definition) is 3. The van der Waals surface area contributed by atoms with Gasteiger partial charge in [-0.25, -0.2) is 4.98 Å². The zero-order valence-electron chi connectivity index (χ0n) is 17.1. The number of imidazole rings is 1. The summed E-state index contributed by atoms with van der Waals surface area (Å²) in [4.78, 5) is 20.3. The van der Waals surface area contributed by atoms with E-state index < -0.39 is 0 Å². The molecule has 1 amide bonds. The smallest absolute Gasteiger partial charge is 0.257 e. The summed E-state index contributed by atoms with van der Waals surface area (Å²) in [7, 11) is 1.51. The van der Waals surface area contributed by atoms with E-state index in [1.165, 1.54) is 13.2 Å². The Morgan fingerprint density at radius 2 is 1.81 bits per heavy atom. The highest BCUT2D eigenvalue weighted by molar-refractivity contribution is 7.80. The first-order chi connectivity index (χ1) is 15.3. The number of nitrogens with one attached hydrogen (secondary N) is 3. The van der Waals surface area contributed by atoms with E-state index in [4.69, 9.17) is 40.2 Å². The SMILES string of the molecule is COc1ccc(C(=O)NC(=S)Nc2ccc(-c3nc4cc(Cl)c(C)cc4[nH]3)cc2)cc1Cl. The maximum absolute atomic E-state index is 12.4. The molecule has 0 radical (unpaired) electrons. The minimum Gasteiger partial charge on any atom is -0.495 e. The van der Waals surface area contributed by atoms with Gasteiger partial charge in [0.05, 0.1) is 23.2 Å². The van der Waals surface area contributed by atoms with Crippen molar-refractivity contribution in [3.63, 3.8) is 0 Å². The summed E-state index contributed by atoms with van der Waals surface area (Å²) in [6, 6.07) is 16.1. The number of nitrogens with zero attached hydrogens (tertiary/aromatic N) is 1. The van der Waals surface area contributed by atoms with E-state index in [1.807, 2.05) is 43.3 Å². The van der Waals surface area contributed by atoms with Crippen LogP contribution in [0.15, 0.2) is 54.6 Å². The van der Waals surface area contributed by atoms with Crippen LogP contribution in [0.4, 0.5) is 5.69 Å². The molecule has 0 atom stereocenters. The van der Waals surface area contributed by atoms with Gasteiger partial charge in [-0.2, -0.15) is 0 Å². The van der Waals surface area contributed by atoms with Crippen LogP contribution in [-0.4, -0.2) is 28.1 Å². The third kappa shape index (κ3) is 4.70. The molecule has 32 heavy (non-hydrogen) atoms. The monoisotopic (exact) mass is 484 g/mol. The van der Waals surface area contributed by atoms with Crippen molar-refractivity contribution in [2.24, 2.45) is 0 Å². The molecule has 3 aromatic carbocycles.